The lowest BCUT2D eigenvalue weighted by Crippen LogP contribution is -2.28. The molecule has 2 N–H and O–H groups in total. The van der Waals surface area contributed by atoms with Crippen LogP contribution in [0.3, 0.4) is 0 Å². The van der Waals surface area contributed by atoms with E-state index in [-0.39, 0.29) is 38.5 Å². The van der Waals surface area contributed by atoms with Gasteiger partial charge in [-0.05, 0) is 38.5 Å². The lowest BCUT2D eigenvalue weighted by Gasteiger charge is -2.21. The molecule has 0 fully saturated rings. The van der Waals surface area contributed by atoms with Crippen LogP contribution in [-0.2, 0) is 23.9 Å². The predicted octanol–water partition coefficient (Wildman–Crippen LogP) is 4.51. The molecule has 2 atom stereocenters. The third-order valence-electron chi connectivity index (χ3n) is 4.66. The Hall–Kier alpha value is -2.44. The van der Waals surface area contributed by atoms with Gasteiger partial charge in [-0.25, -0.2) is 0 Å². The summed E-state index contributed by atoms with van der Waals surface area (Å²) in [4.78, 5) is 46.8. The molecule has 0 amide bonds. The van der Waals surface area contributed by atoms with Crippen molar-refractivity contribution in [2.75, 3.05) is 0 Å². The van der Waals surface area contributed by atoms with Crippen LogP contribution >= 0.6 is 0 Å². The number of carbonyl (C=O) groups is 4. The van der Waals surface area contributed by atoms with Crippen molar-refractivity contribution in [1.29, 1.82) is 0 Å². The van der Waals surface area contributed by atoms with E-state index in [1.54, 1.807) is 0 Å². The fraction of sp³-hybridized carbons (Fsp3) is 0.636. The highest BCUT2D eigenvalue weighted by Crippen LogP contribution is 2.26. The number of ether oxygens (including phenoxy) is 1. The first kappa shape index (κ1) is 26.6. The molecule has 7 heteroatoms. The number of esters is 2. The fourth-order valence-electron chi connectivity index (χ4n) is 3.12. The van der Waals surface area contributed by atoms with Crippen LogP contribution in [-0.4, -0.2) is 34.1 Å². The van der Waals surface area contributed by atoms with Crippen molar-refractivity contribution < 1.29 is 34.1 Å². The lowest BCUT2D eigenvalue weighted by molar-refractivity contribution is -0.164. The van der Waals surface area contributed by atoms with Crippen molar-refractivity contribution >= 4 is 23.9 Å². The Labute approximate surface area is 172 Å². The van der Waals surface area contributed by atoms with Crippen molar-refractivity contribution in [3.8, 4) is 0 Å². The van der Waals surface area contributed by atoms with Crippen molar-refractivity contribution in [3.63, 3.8) is 0 Å². The van der Waals surface area contributed by atoms with E-state index in [1.807, 2.05) is 13.8 Å². The molecule has 0 bridgehead atoms. The van der Waals surface area contributed by atoms with Gasteiger partial charge >= 0.3 is 23.9 Å². The van der Waals surface area contributed by atoms with Crippen LogP contribution < -0.4 is 0 Å². The molecule has 0 aliphatic rings. The maximum absolute atomic E-state index is 12.6. The smallest absolute Gasteiger partial charge is 0.320 e. The normalized spacial score (nSPS) is 12.6. The van der Waals surface area contributed by atoms with Crippen molar-refractivity contribution in [1.82, 2.24) is 0 Å². The number of aliphatic carboxylic acids is 2. The quantitative estimate of drug-likeness (QED) is 0.218. The molecule has 0 aromatic carbocycles. The van der Waals surface area contributed by atoms with Gasteiger partial charge in [0.25, 0.3) is 0 Å². The van der Waals surface area contributed by atoms with E-state index in [0.717, 1.165) is 12.8 Å². The molecular formula is C22H34O7. The van der Waals surface area contributed by atoms with Crippen molar-refractivity contribution in [3.05, 3.63) is 24.3 Å². The molecule has 29 heavy (non-hydrogen) atoms. The molecule has 0 aliphatic heterocycles. The molecule has 0 heterocycles. The standard InChI is InChI=1S/C22H34O7/c1-5-9-15(3)17(11-7-13-19(23)24)21(27)29-22(28)18(16(4)10-6-2)12-8-14-20(25)26/h17-18H,3-14H2,1-2H3,(H,23,24)(H,25,26). The topological polar surface area (TPSA) is 118 Å². The highest BCUT2D eigenvalue weighted by molar-refractivity contribution is 5.90. The summed E-state index contributed by atoms with van der Waals surface area (Å²) in [5.41, 5.74) is 1.23. The minimum Gasteiger partial charge on any atom is -0.481 e. The van der Waals surface area contributed by atoms with Crippen LogP contribution in [0.5, 0.6) is 0 Å². The molecule has 0 aromatic rings. The monoisotopic (exact) mass is 410 g/mol. The van der Waals surface area contributed by atoms with Crippen LogP contribution in [0, 0.1) is 11.8 Å². The Kier molecular flexibility index (Phi) is 13.3. The number of hydrogen-bond donors (Lipinski definition) is 2. The second-order valence-electron chi connectivity index (χ2n) is 7.23. The zero-order valence-electron chi connectivity index (χ0n) is 17.6. The van der Waals surface area contributed by atoms with Gasteiger partial charge in [-0.1, -0.05) is 51.0 Å². The van der Waals surface area contributed by atoms with Crippen LogP contribution in [0.15, 0.2) is 24.3 Å². The third kappa shape index (κ3) is 11.2. The van der Waals surface area contributed by atoms with Gasteiger partial charge in [-0.2, -0.15) is 0 Å². The number of carboxylic acids is 2. The summed E-state index contributed by atoms with van der Waals surface area (Å²) < 4.78 is 5.13. The van der Waals surface area contributed by atoms with Gasteiger partial charge in [0, 0.05) is 12.8 Å². The number of hydrogen-bond acceptors (Lipinski definition) is 5. The molecule has 0 spiro atoms. The van der Waals surface area contributed by atoms with Crippen LogP contribution in [0.2, 0.25) is 0 Å². The van der Waals surface area contributed by atoms with E-state index in [2.05, 4.69) is 13.2 Å². The first-order valence-electron chi connectivity index (χ1n) is 10.2. The SMILES string of the molecule is C=C(CCC)C(CCCC(=O)O)C(=O)OC(=O)C(CCCC(=O)O)C(=C)CCC. The number of carboxylic acid groups (broad SMARTS) is 2. The fourth-order valence-corrected chi connectivity index (χ4v) is 3.12. The van der Waals surface area contributed by atoms with E-state index < -0.39 is 35.7 Å². The van der Waals surface area contributed by atoms with Gasteiger partial charge in [0.1, 0.15) is 0 Å². The minimum atomic E-state index is -0.955. The van der Waals surface area contributed by atoms with Crippen LogP contribution in [0.25, 0.3) is 0 Å². The van der Waals surface area contributed by atoms with E-state index in [4.69, 9.17) is 14.9 Å². The Morgan fingerprint density at radius 1 is 0.724 bits per heavy atom. The average Bonchev–Trinajstić information content (AvgIpc) is 2.61. The first-order valence-corrected chi connectivity index (χ1v) is 10.2. The van der Waals surface area contributed by atoms with Gasteiger partial charge in [0.15, 0.2) is 0 Å². The molecule has 0 saturated heterocycles. The largest absolute Gasteiger partial charge is 0.481 e. The van der Waals surface area contributed by atoms with Crippen molar-refractivity contribution in [2.45, 2.75) is 78.1 Å². The second-order valence-corrected chi connectivity index (χ2v) is 7.23. The van der Waals surface area contributed by atoms with E-state index >= 15 is 0 Å². The van der Waals surface area contributed by atoms with Gasteiger partial charge in [-0.3, -0.25) is 19.2 Å². The molecule has 7 nitrogen and oxygen atoms in total. The molecule has 0 saturated carbocycles. The summed E-state index contributed by atoms with van der Waals surface area (Å²) in [6.07, 6.45) is 3.56. The summed E-state index contributed by atoms with van der Waals surface area (Å²) in [7, 11) is 0. The summed E-state index contributed by atoms with van der Waals surface area (Å²) in [6.45, 7) is 11.7. The van der Waals surface area contributed by atoms with Gasteiger partial charge in [-0.15, -0.1) is 0 Å². The van der Waals surface area contributed by atoms with Crippen molar-refractivity contribution in [2.24, 2.45) is 11.8 Å². The molecule has 0 rings (SSSR count). The summed E-state index contributed by atoms with van der Waals surface area (Å²) >= 11 is 0. The highest BCUT2D eigenvalue weighted by Gasteiger charge is 2.30. The second kappa shape index (κ2) is 14.5. The van der Waals surface area contributed by atoms with Crippen LogP contribution in [0.4, 0.5) is 0 Å². The number of carbonyl (C=O) groups excluding carboxylic acids is 2. The minimum absolute atomic E-state index is 0.0811. The first-order chi connectivity index (χ1) is 13.6. The third-order valence-corrected chi connectivity index (χ3v) is 4.66. The van der Waals surface area contributed by atoms with E-state index in [0.29, 0.717) is 24.0 Å². The number of rotatable bonds is 16. The summed E-state index contributed by atoms with van der Waals surface area (Å²) in [5, 5.41) is 17.6. The predicted molar refractivity (Wildman–Crippen MR) is 109 cm³/mol. The van der Waals surface area contributed by atoms with Gasteiger partial charge < -0.3 is 14.9 Å². The molecule has 164 valence electrons. The molecule has 0 aromatic heterocycles. The Morgan fingerprint density at radius 2 is 1.07 bits per heavy atom. The summed E-state index contributed by atoms with van der Waals surface area (Å²) in [5.74, 6) is -4.85. The van der Waals surface area contributed by atoms with Crippen LogP contribution in [0.1, 0.15) is 78.1 Å². The highest BCUT2D eigenvalue weighted by atomic mass is 16.6. The lowest BCUT2D eigenvalue weighted by atomic mass is 9.90. The zero-order chi connectivity index (χ0) is 22.4. The molecular weight excluding hydrogens is 376 g/mol. The maximum atomic E-state index is 12.6. The van der Waals surface area contributed by atoms with Gasteiger partial charge in [0.2, 0.25) is 0 Å². The average molecular weight is 411 g/mol. The molecule has 0 aliphatic carbocycles. The summed E-state index contributed by atoms with van der Waals surface area (Å²) in [6, 6.07) is 0. The van der Waals surface area contributed by atoms with E-state index in [9.17, 15) is 19.2 Å². The Balaban J connectivity index is 5.17. The Bertz CT molecular complexity index is 554. The zero-order valence-corrected chi connectivity index (χ0v) is 17.6. The van der Waals surface area contributed by atoms with Gasteiger partial charge in [0.05, 0.1) is 11.8 Å². The molecule has 0 radical (unpaired) electrons. The van der Waals surface area contributed by atoms with E-state index in [1.165, 1.54) is 0 Å². The Morgan fingerprint density at radius 3 is 1.34 bits per heavy atom. The maximum Gasteiger partial charge on any atom is 0.320 e. The molecule has 2 unspecified atom stereocenters.